The minimum absolute atomic E-state index is 0.0116. The van der Waals surface area contributed by atoms with Gasteiger partial charge in [0.2, 0.25) is 0 Å². The summed E-state index contributed by atoms with van der Waals surface area (Å²) in [7, 11) is 1.38. The second kappa shape index (κ2) is 3.42. The van der Waals surface area contributed by atoms with Crippen LogP contribution >= 0.6 is 0 Å². The van der Waals surface area contributed by atoms with Gasteiger partial charge in [0.15, 0.2) is 0 Å². The summed E-state index contributed by atoms with van der Waals surface area (Å²) >= 11 is 0. The minimum Gasteiger partial charge on any atom is -0.530 e. The molecule has 1 amide bonds. The summed E-state index contributed by atoms with van der Waals surface area (Å²) in [5.41, 5.74) is 0. The molecular weight excluding hydrogens is 98.0 g/mol. The summed E-state index contributed by atoms with van der Waals surface area (Å²) < 4.78 is 4.32. The molecule has 0 radical (unpaired) electrons. The predicted molar refractivity (Wildman–Crippen MR) is 20.4 cm³/mol. The number of ether oxygens (including phenoxy) is 1. The lowest BCUT2D eigenvalue weighted by Gasteiger charge is -2.01. The highest BCUT2D eigenvalue weighted by Gasteiger charge is 1.74. The van der Waals surface area contributed by atoms with E-state index in [0.29, 0.717) is 0 Å². The van der Waals surface area contributed by atoms with Crippen LogP contribution in [0.3, 0.4) is 0 Å². The van der Waals surface area contributed by atoms with Crippen LogP contribution in [0, 0.1) is 0 Å². The van der Waals surface area contributed by atoms with Gasteiger partial charge >= 0.3 is 0 Å². The Labute approximate surface area is 41.1 Å². The Kier molecular flexibility index (Phi) is 3.04. The van der Waals surface area contributed by atoms with E-state index < -0.39 is 6.09 Å². The van der Waals surface area contributed by atoms with Crippen molar-refractivity contribution in [2.45, 2.75) is 0 Å². The molecule has 0 saturated carbocycles. The Balaban J connectivity index is 2.82. The van der Waals surface area contributed by atoms with Crippen molar-refractivity contribution in [1.82, 2.24) is 5.32 Å². The lowest BCUT2D eigenvalue weighted by Crippen LogP contribution is -2.37. The molecule has 0 aromatic carbocycles. The third kappa shape index (κ3) is 5.23. The minimum atomic E-state index is -1.32. The summed E-state index contributed by atoms with van der Waals surface area (Å²) in [5.74, 6) is 0. The lowest BCUT2D eigenvalue weighted by atomic mass is 11.1. The first kappa shape index (κ1) is 6.23. The number of rotatable bonds is 2. The highest BCUT2D eigenvalue weighted by Crippen LogP contribution is 1.55. The molecule has 0 rings (SSSR count). The number of carbonyl (C=O) groups excluding carboxylic acids is 1. The topological polar surface area (TPSA) is 61.4 Å². The highest BCUT2D eigenvalue weighted by molar-refractivity contribution is 5.61. The zero-order chi connectivity index (χ0) is 5.70. The summed E-state index contributed by atoms with van der Waals surface area (Å²) in [6, 6.07) is 0. The van der Waals surface area contributed by atoms with Gasteiger partial charge in [-0.2, -0.15) is 0 Å². The van der Waals surface area contributed by atoms with E-state index in [4.69, 9.17) is 0 Å². The van der Waals surface area contributed by atoms with Crippen LogP contribution in [0.5, 0.6) is 0 Å². The molecule has 0 saturated heterocycles. The SMILES string of the molecule is COCNC(=O)[O-]. The molecule has 1 N–H and O–H groups in total. The van der Waals surface area contributed by atoms with Crippen molar-refractivity contribution in [2.24, 2.45) is 0 Å². The Morgan fingerprint density at radius 2 is 2.57 bits per heavy atom. The summed E-state index contributed by atoms with van der Waals surface area (Å²) in [6.07, 6.45) is -1.32. The monoisotopic (exact) mass is 104 g/mol. The van der Waals surface area contributed by atoms with Gasteiger partial charge < -0.3 is 20.0 Å². The van der Waals surface area contributed by atoms with Crippen molar-refractivity contribution in [3.8, 4) is 0 Å². The molecule has 7 heavy (non-hydrogen) atoms. The Hall–Kier alpha value is -0.770. The predicted octanol–water partition coefficient (Wildman–Crippen LogP) is -1.48. The van der Waals surface area contributed by atoms with Gasteiger partial charge in [0.25, 0.3) is 0 Å². The number of hydrogen-bond acceptors (Lipinski definition) is 3. The number of methoxy groups -OCH3 is 1. The maximum Gasteiger partial charge on any atom is 0.135 e. The smallest absolute Gasteiger partial charge is 0.135 e. The molecule has 0 aliphatic heterocycles. The molecular formula is C3H6NO3-. The van der Waals surface area contributed by atoms with Crippen molar-refractivity contribution in [3.63, 3.8) is 0 Å². The fraction of sp³-hybridized carbons (Fsp3) is 0.667. The molecule has 0 unspecified atom stereocenters. The number of carboxylic acid groups (broad SMARTS) is 1. The maximum atomic E-state index is 9.46. The van der Waals surface area contributed by atoms with Crippen LogP contribution in [0.2, 0.25) is 0 Å². The third-order valence-electron chi connectivity index (χ3n) is 0.361. The van der Waals surface area contributed by atoms with Crippen LogP contribution in [0.4, 0.5) is 4.79 Å². The normalized spacial score (nSPS) is 8.14. The van der Waals surface area contributed by atoms with Gasteiger partial charge in [0.05, 0.1) is 0 Å². The molecule has 42 valence electrons. The van der Waals surface area contributed by atoms with Crippen molar-refractivity contribution in [3.05, 3.63) is 0 Å². The van der Waals surface area contributed by atoms with Gasteiger partial charge in [-0.3, -0.25) is 0 Å². The fourth-order valence-electron chi connectivity index (χ4n) is 0.131. The second-order valence-electron chi connectivity index (χ2n) is 0.897. The standard InChI is InChI=1S/C3H7NO3/c1-7-2-4-3(5)6/h4H,2H2,1H3,(H,5,6)/p-1. The summed E-state index contributed by atoms with van der Waals surface area (Å²) in [4.78, 5) is 9.46. The van der Waals surface area contributed by atoms with Gasteiger partial charge in [-0.25, -0.2) is 0 Å². The largest absolute Gasteiger partial charge is 0.530 e. The Morgan fingerprint density at radius 1 is 2.00 bits per heavy atom. The summed E-state index contributed by atoms with van der Waals surface area (Å²) in [5, 5.41) is 11.3. The zero-order valence-electron chi connectivity index (χ0n) is 3.93. The van der Waals surface area contributed by atoms with Gasteiger partial charge in [-0.1, -0.05) is 0 Å². The fourth-order valence-corrected chi connectivity index (χ4v) is 0.131. The second-order valence-corrected chi connectivity index (χ2v) is 0.897. The molecule has 0 heterocycles. The molecule has 0 aliphatic rings. The van der Waals surface area contributed by atoms with E-state index in [1.807, 2.05) is 5.32 Å². The molecule has 0 fully saturated rings. The van der Waals surface area contributed by atoms with Gasteiger partial charge in [-0.15, -0.1) is 0 Å². The molecule has 4 nitrogen and oxygen atoms in total. The van der Waals surface area contributed by atoms with E-state index in [2.05, 4.69) is 4.74 Å². The molecule has 0 aliphatic carbocycles. The number of nitrogens with one attached hydrogen (secondary N) is 1. The van der Waals surface area contributed by atoms with Gasteiger partial charge in [0, 0.05) is 7.11 Å². The maximum absolute atomic E-state index is 9.46. The molecule has 0 aromatic rings. The third-order valence-corrected chi connectivity index (χ3v) is 0.361. The number of amides is 1. The first-order valence-corrected chi connectivity index (χ1v) is 1.71. The van der Waals surface area contributed by atoms with E-state index in [0.717, 1.165) is 0 Å². The van der Waals surface area contributed by atoms with Crippen LogP contribution < -0.4 is 10.4 Å². The lowest BCUT2D eigenvalue weighted by molar-refractivity contribution is -0.252. The van der Waals surface area contributed by atoms with E-state index in [9.17, 15) is 9.90 Å². The van der Waals surface area contributed by atoms with Crippen LogP contribution in [-0.2, 0) is 4.74 Å². The van der Waals surface area contributed by atoms with E-state index >= 15 is 0 Å². The Bertz CT molecular complexity index is 63.2. The van der Waals surface area contributed by atoms with Crippen LogP contribution in [-0.4, -0.2) is 19.9 Å². The first-order chi connectivity index (χ1) is 3.27. The molecule has 0 spiro atoms. The average Bonchev–Trinajstić information content (AvgIpc) is 1.61. The quantitative estimate of drug-likeness (QED) is 0.435. The Morgan fingerprint density at radius 3 is 2.71 bits per heavy atom. The van der Waals surface area contributed by atoms with Crippen LogP contribution in [0.1, 0.15) is 0 Å². The van der Waals surface area contributed by atoms with Gasteiger partial charge in [-0.05, 0) is 0 Å². The van der Waals surface area contributed by atoms with Gasteiger partial charge in [0.1, 0.15) is 12.8 Å². The average molecular weight is 104 g/mol. The zero-order valence-corrected chi connectivity index (χ0v) is 3.93. The van der Waals surface area contributed by atoms with Crippen molar-refractivity contribution in [1.29, 1.82) is 0 Å². The molecule has 0 atom stereocenters. The molecule has 0 bridgehead atoms. The van der Waals surface area contributed by atoms with Crippen LogP contribution in [0.15, 0.2) is 0 Å². The highest BCUT2D eigenvalue weighted by atomic mass is 16.5. The molecule has 0 aromatic heterocycles. The van der Waals surface area contributed by atoms with E-state index in [1.165, 1.54) is 7.11 Å². The summed E-state index contributed by atoms with van der Waals surface area (Å²) in [6.45, 7) is -0.0116. The molecule has 4 heteroatoms. The van der Waals surface area contributed by atoms with Crippen molar-refractivity contribution < 1.29 is 14.6 Å². The number of hydrogen-bond donors (Lipinski definition) is 1. The van der Waals surface area contributed by atoms with Crippen molar-refractivity contribution in [2.75, 3.05) is 13.8 Å². The van der Waals surface area contributed by atoms with Crippen LogP contribution in [0.25, 0.3) is 0 Å². The van der Waals surface area contributed by atoms with E-state index in [1.54, 1.807) is 0 Å². The number of carbonyl (C=O) groups is 1. The van der Waals surface area contributed by atoms with Crippen molar-refractivity contribution >= 4 is 6.09 Å². The van der Waals surface area contributed by atoms with E-state index in [-0.39, 0.29) is 6.73 Å². The first-order valence-electron chi connectivity index (χ1n) is 1.71.